The van der Waals surface area contributed by atoms with Crippen LogP contribution in [0.5, 0.6) is 23.0 Å². The summed E-state index contributed by atoms with van der Waals surface area (Å²) in [5.74, 6) is 4.06. The number of ether oxygens (including phenoxy) is 4. The zero-order chi connectivity index (χ0) is 22.6. The van der Waals surface area contributed by atoms with Gasteiger partial charge in [0.25, 0.3) is 0 Å². The van der Waals surface area contributed by atoms with Gasteiger partial charge in [-0.25, -0.2) is 4.99 Å². The van der Waals surface area contributed by atoms with Crippen LogP contribution < -0.4 is 29.6 Å². The second-order valence-corrected chi connectivity index (χ2v) is 7.10. The molecule has 0 heterocycles. The minimum atomic E-state index is 0. The van der Waals surface area contributed by atoms with Gasteiger partial charge in [0.2, 0.25) is 0 Å². The first-order valence-electron chi connectivity index (χ1n) is 10.5. The third-order valence-electron chi connectivity index (χ3n) is 5.09. The van der Waals surface area contributed by atoms with Crippen molar-refractivity contribution in [3.8, 4) is 23.0 Å². The number of nitrogens with one attached hydrogen (secondary N) is 2. The van der Waals surface area contributed by atoms with Gasteiger partial charge in [-0.3, -0.25) is 0 Å². The van der Waals surface area contributed by atoms with Gasteiger partial charge in [0.15, 0.2) is 17.5 Å². The topological polar surface area (TPSA) is 73.3 Å². The Morgan fingerprint density at radius 3 is 2.06 bits per heavy atom. The fourth-order valence-electron chi connectivity index (χ4n) is 3.23. The highest BCUT2D eigenvalue weighted by atomic mass is 127. The van der Waals surface area contributed by atoms with Crippen molar-refractivity contribution in [2.24, 2.45) is 4.99 Å². The first-order chi connectivity index (χ1) is 15.1. The standard InChI is InChI=1S/C24H35N3O4.HI/c1-7-25-24(26-13-12-17(2)18-8-10-20(28-3)11-9-18)27-16-19-14-22(30-5)23(31-6)15-21(19)29-4;/h8-11,14-15,17H,7,12-13,16H2,1-6H3,(H2,25,26,27);1H. The Kier molecular flexibility index (Phi) is 12.7. The van der Waals surface area contributed by atoms with Crippen LogP contribution in [0.2, 0.25) is 0 Å². The molecule has 8 heteroatoms. The predicted octanol–water partition coefficient (Wildman–Crippen LogP) is 4.59. The molecule has 0 bridgehead atoms. The summed E-state index contributed by atoms with van der Waals surface area (Å²) in [4.78, 5) is 4.72. The second kappa shape index (κ2) is 14.7. The van der Waals surface area contributed by atoms with Gasteiger partial charge in [-0.1, -0.05) is 19.1 Å². The smallest absolute Gasteiger partial charge is 0.191 e. The van der Waals surface area contributed by atoms with Crippen LogP contribution in [0, 0.1) is 0 Å². The van der Waals surface area contributed by atoms with Crippen LogP contribution in [0.25, 0.3) is 0 Å². The zero-order valence-corrected chi connectivity index (χ0v) is 22.2. The first-order valence-corrected chi connectivity index (χ1v) is 10.5. The molecule has 0 amide bonds. The molecule has 0 saturated carbocycles. The van der Waals surface area contributed by atoms with E-state index in [0.29, 0.717) is 29.7 Å². The van der Waals surface area contributed by atoms with Gasteiger partial charge < -0.3 is 29.6 Å². The fraction of sp³-hybridized carbons (Fsp3) is 0.458. The number of rotatable bonds is 11. The zero-order valence-electron chi connectivity index (χ0n) is 19.9. The number of nitrogens with zero attached hydrogens (tertiary/aromatic N) is 1. The molecule has 0 aliphatic carbocycles. The molecule has 0 aliphatic heterocycles. The van der Waals surface area contributed by atoms with Crippen LogP contribution in [0.4, 0.5) is 0 Å². The Bertz CT molecular complexity index is 844. The van der Waals surface area contributed by atoms with E-state index in [1.807, 2.05) is 31.2 Å². The molecule has 7 nitrogen and oxygen atoms in total. The lowest BCUT2D eigenvalue weighted by atomic mass is 9.98. The van der Waals surface area contributed by atoms with Crippen molar-refractivity contribution in [2.75, 3.05) is 41.5 Å². The monoisotopic (exact) mass is 557 g/mol. The molecule has 32 heavy (non-hydrogen) atoms. The minimum absolute atomic E-state index is 0. The average molecular weight is 557 g/mol. The van der Waals surface area contributed by atoms with Crippen LogP contribution in [0.15, 0.2) is 41.4 Å². The number of benzene rings is 2. The highest BCUT2D eigenvalue weighted by Gasteiger charge is 2.12. The maximum absolute atomic E-state index is 5.50. The fourth-order valence-corrected chi connectivity index (χ4v) is 3.23. The van der Waals surface area contributed by atoms with Crippen molar-refractivity contribution >= 4 is 29.9 Å². The molecule has 2 rings (SSSR count). The summed E-state index contributed by atoms with van der Waals surface area (Å²) in [5.41, 5.74) is 2.21. The summed E-state index contributed by atoms with van der Waals surface area (Å²) in [6.45, 7) is 6.31. The minimum Gasteiger partial charge on any atom is -0.497 e. The highest BCUT2D eigenvalue weighted by molar-refractivity contribution is 14.0. The van der Waals surface area contributed by atoms with Gasteiger partial charge in [-0.2, -0.15) is 0 Å². The van der Waals surface area contributed by atoms with E-state index in [2.05, 4.69) is 29.7 Å². The maximum atomic E-state index is 5.50. The lowest BCUT2D eigenvalue weighted by Crippen LogP contribution is -2.38. The number of hydrogen-bond donors (Lipinski definition) is 2. The number of aliphatic imine (C=N–C) groups is 1. The molecule has 1 unspecified atom stereocenters. The van der Waals surface area contributed by atoms with Crippen molar-refractivity contribution in [2.45, 2.75) is 32.7 Å². The Hall–Kier alpha value is -2.36. The quantitative estimate of drug-likeness (QED) is 0.239. The van der Waals surface area contributed by atoms with Gasteiger partial charge >= 0.3 is 0 Å². The van der Waals surface area contributed by atoms with Crippen molar-refractivity contribution in [3.05, 3.63) is 47.5 Å². The molecule has 0 saturated heterocycles. The molecule has 2 aromatic carbocycles. The lowest BCUT2D eigenvalue weighted by molar-refractivity contribution is 0.347. The van der Waals surface area contributed by atoms with Crippen LogP contribution in [0.3, 0.4) is 0 Å². The Labute approximate surface area is 208 Å². The van der Waals surface area contributed by atoms with Crippen molar-refractivity contribution in [1.82, 2.24) is 10.6 Å². The molecule has 2 N–H and O–H groups in total. The van der Waals surface area contributed by atoms with E-state index in [1.165, 1.54) is 5.56 Å². The molecular weight excluding hydrogens is 521 g/mol. The van der Waals surface area contributed by atoms with Crippen LogP contribution in [0.1, 0.15) is 37.3 Å². The van der Waals surface area contributed by atoms with Crippen molar-refractivity contribution in [1.29, 1.82) is 0 Å². The third-order valence-corrected chi connectivity index (χ3v) is 5.09. The molecular formula is C24H36IN3O4. The number of guanidine groups is 1. The SMILES string of the molecule is CCNC(=NCc1cc(OC)c(OC)cc1OC)NCCC(C)c1ccc(OC)cc1.I. The molecule has 2 aromatic rings. The molecule has 0 aliphatic rings. The second-order valence-electron chi connectivity index (χ2n) is 7.10. The van der Waals surface area contributed by atoms with E-state index in [4.69, 9.17) is 23.9 Å². The Morgan fingerprint density at radius 1 is 0.875 bits per heavy atom. The summed E-state index contributed by atoms with van der Waals surface area (Å²) in [7, 11) is 6.54. The van der Waals surface area contributed by atoms with E-state index in [0.717, 1.165) is 36.8 Å². The van der Waals surface area contributed by atoms with E-state index in [9.17, 15) is 0 Å². The molecule has 1 atom stereocenters. The number of methoxy groups -OCH3 is 4. The van der Waals surface area contributed by atoms with Crippen LogP contribution in [-0.4, -0.2) is 47.5 Å². The Morgan fingerprint density at radius 2 is 1.50 bits per heavy atom. The lowest BCUT2D eigenvalue weighted by Gasteiger charge is -2.16. The summed E-state index contributed by atoms with van der Waals surface area (Å²) >= 11 is 0. The van der Waals surface area contributed by atoms with Gasteiger partial charge in [-0.15, -0.1) is 24.0 Å². The summed E-state index contributed by atoms with van der Waals surface area (Å²) in [6, 6.07) is 12.0. The van der Waals surface area contributed by atoms with E-state index in [1.54, 1.807) is 28.4 Å². The largest absolute Gasteiger partial charge is 0.497 e. The third kappa shape index (κ3) is 7.96. The number of halogens is 1. The molecule has 0 radical (unpaired) electrons. The van der Waals surface area contributed by atoms with Gasteiger partial charge in [0.1, 0.15) is 11.5 Å². The predicted molar refractivity (Wildman–Crippen MR) is 140 cm³/mol. The van der Waals surface area contributed by atoms with Gasteiger partial charge in [-0.05, 0) is 43.0 Å². The van der Waals surface area contributed by atoms with Gasteiger partial charge in [0.05, 0.1) is 35.0 Å². The van der Waals surface area contributed by atoms with Crippen molar-refractivity contribution in [3.63, 3.8) is 0 Å². The summed E-state index contributed by atoms with van der Waals surface area (Å²) in [6.07, 6.45) is 0.983. The Balaban J connectivity index is 0.00000512. The van der Waals surface area contributed by atoms with Crippen molar-refractivity contribution < 1.29 is 18.9 Å². The maximum Gasteiger partial charge on any atom is 0.191 e. The van der Waals surface area contributed by atoms with E-state index >= 15 is 0 Å². The average Bonchev–Trinajstić information content (AvgIpc) is 2.81. The molecule has 0 fully saturated rings. The molecule has 178 valence electrons. The summed E-state index contributed by atoms with van der Waals surface area (Å²) < 4.78 is 21.5. The van der Waals surface area contributed by atoms with E-state index < -0.39 is 0 Å². The molecule has 0 aromatic heterocycles. The van der Waals surface area contributed by atoms with Crippen LogP contribution >= 0.6 is 24.0 Å². The van der Waals surface area contributed by atoms with Crippen LogP contribution in [-0.2, 0) is 6.54 Å². The normalized spacial score (nSPS) is 11.8. The first kappa shape index (κ1) is 27.7. The highest BCUT2D eigenvalue weighted by Crippen LogP contribution is 2.34. The van der Waals surface area contributed by atoms with Gasteiger partial charge in [0, 0.05) is 24.7 Å². The summed E-state index contributed by atoms with van der Waals surface area (Å²) in [5, 5.41) is 6.72. The molecule has 0 spiro atoms. The van der Waals surface area contributed by atoms with E-state index in [-0.39, 0.29) is 24.0 Å². The number of hydrogen-bond acceptors (Lipinski definition) is 5.